The molecule has 2 rings (SSSR count). The van der Waals surface area contributed by atoms with Gasteiger partial charge in [-0.05, 0) is 36.8 Å². The van der Waals surface area contributed by atoms with Crippen molar-refractivity contribution in [3.8, 4) is 0 Å². The Kier molecular flexibility index (Phi) is 6.85. The fourth-order valence-electron chi connectivity index (χ4n) is 4.01. The summed E-state index contributed by atoms with van der Waals surface area (Å²) in [7, 11) is 0. The summed E-state index contributed by atoms with van der Waals surface area (Å²) >= 11 is 0. The monoisotopic (exact) mass is 391 g/mol. The average molecular weight is 391 g/mol. The van der Waals surface area contributed by atoms with E-state index < -0.39 is 36.1 Å². The van der Waals surface area contributed by atoms with Gasteiger partial charge >= 0.3 is 17.9 Å². The Balaban J connectivity index is 2.40. The van der Waals surface area contributed by atoms with Crippen LogP contribution in [0.4, 0.5) is 0 Å². The van der Waals surface area contributed by atoms with Crippen molar-refractivity contribution in [1.82, 2.24) is 0 Å². The molecule has 2 aliphatic rings. The number of esters is 3. The minimum absolute atomic E-state index is 0.0687. The normalized spacial score (nSPS) is 27.4. The molecule has 28 heavy (non-hydrogen) atoms. The quantitative estimate of drug-likeness (QED) is 0.0959. The molecule has 9 heteroatoms. The fourth-order valence-corrected chi connectivity index (χ4v) is 4.01. The zero-order chi connectivity index (χ0) is 21.0. The molecule has 0 bridgehead atoms. The minimum Gasteiger partial charge on any atom is -0.466 e. The van der Waals surface area contributed by atoms with E-state index >= 15 is 0 Å². The lowest BCUT2D eigenvalue weighted by molar-refractivity contribution is -0.149. The molecular formula is C19H25N3O6. The van der Waals surface area contributed by atoms with Crippen molar-refractivity contribution in [3.05, 3.63) is 33.7 Å². The number of hydrogen-bond donors (Lipinski definition) is 0. The maximum absolute atomic E-state index is 12.1. The van der Waals surface area contributed by atoms with Crippen molar-refractivity contribution in [3.63, 3.8) is 0 Å². The van der Waals surface area contributed by atoms with Crippen LogP contribution in [0.15, 0.2) is 28.4 Å². The van der Waals surface area contributed by atoms with Crippen LogP contribution in [-0.2, 0) is 28.6 Å². The van der Waals surface area contributed by atoms with Gasteiger partial charge in [-0.1, -0.05) is 24.2 Å². The van der Waals surface area contributed by atoms with Crippen LogP contribution in [0.3, 0.4) is 0 Å². The van der Waals surface area contributed by atoms with Gasteiger partial charge in [0.1, 0.15) is 12.2 Å². The third kappa shape index (κ3) is 4.36. The second-order valence-electron chi connectivity index (χ2n) is 7.12. The van der Waals surface area contributed by atoms with E-state index in [1.165, 1.54) is 13.8 Å². The minimum atomic E-state index is -0.753. The summed E-state index contributed by atoms with van der Waals surface area (Å²) in [5.41, 5.74) is 10.7. The zero-order valence-electron chi connectivity index (χ0n) is 16.5. The van der Waals surface area contributed by atoms with Crippen molar-refractivity contribution < 1.29 is 28.6 Å². The molecular weight excluding hydrogens is 366 g/mol. The summed E-state index contributed by atoms with van der Waals surface area (Å²) in [6.07, 6.45) is -0.215. The predicted octanol–water partition coefficient (Wildman–Crippen LogP) is 3.00. The van der Waals surface area contributed by atoms with Crippen molar-refractivity contribution in [2.24, 2.45) is 17.0 Å². The Morgan fingerprint density at radius 2 is 2.04 bits per heavy atom. The van der Waals surface area contributed by atoms with Crippen LogP contribution < -0.4 is 0 Å². The summed E-state index contributed by atoms with van der Waals surface area (Å²) in [6.45, 7) is 10.5. The largest absolute Gasteiger partial charge is 0.466 e. The van der Waals surface area contributed by atoms with E-state index in [4.69, 9.17) is 19.7 Å². The van der Waals surface area contributed by atoms with E-state index in [0.717, 1.165) is 5.57 Å². The Morgan fingerprint density at radius 3 is 2.61 bits per heavy atom. The molecule has 0 amide bonds. The smallest absolute Gasteiger partial charge is 0.334 e. The number of hydrogen-bond acceptors (Lipinski definition) is 7. The van der Waals surface area contributed by atoms with Crippen LogP contribution in [-0.4, -0.2) is 42.8 Å². The van der Waals surface area contributed by atoms with Gasteiger partial charge in [-0.15, -0.1) is 0 Å². The number of carbonyl (C=O) groups is 3. The molecule has 1 heterocycles. The molecule has 9 nitrogen and oxygen atoms in total. The number of rotatable bonds is 7. The van der Waals surface area contributed by atoms with Gasteiger partial charge in [0.25, 0.3) is 0 Å². The van der Waals surface area contributed by atoms with Crippen molar-refractivity contribution in [2.45, 2.75) is 58.8 Å². The predicted molar refractivity (Wildman–Crippen MR) is 98.7 cm³/mol. The number of fused-ring (bicyclic) bond motifs is 1. The average Bonchev–Trinajstić information content (AvgIpc) is 2.89. The van der Waals surface area contributed by atoms with Crippen LogP contribution in [0.25, 0.3) is 10.4 Å². The summed E-state index contributed by atoms with van der Waals surface area (Å²) in [4.78, 5) is 37.7. The number of carbonyl (C=O) groups excluding carboxylic acids is 3. The number of nitrogens with zero attached hydrogens (tertiary/aromatic N) is 3. The topological polar surface area (TPSA) is 128 Å². The van der Waals surface area contributed by atoms with Crippen molar-refractivity contribution in [2.75, 3.05) is 6.61 Å². The highest BCUT2D eigenvalue weighted by Crippen LogP contribution is 2.46. The summed E-state index contributed by atoms with van der Waals surface area (Å²) < 4.78 is 16.0. The molecule has 5 atom stereocenters. The summed E-state index contributed by atoms with van der Waals surface area (Å²) in [5.74, 6) is -2.10. The van der Waals surface area contributed by atoms with Crippen molar-refractivity contribution >= 4 is 17.9 Å². The first-order chi connectivity index (χ1) is 13.2. The first kappa shape index (κ1) is 21.5. The molecule has 0 aromatic heterocycles. The van der Waals surface area contributed by atoms with Gasteiger partial charge in [0, 0.05) is 24.3 Å². The summed E-state index contributed by atoms with van der Waals surface area (Å²) in [5, 5.41) is 3.84. The van der Waals surface area contributed by atoms with E-state index in [1.54, 1.807) is 6.92 Å². The fraction of sp³-hybridized carbons (Fsp3) is 0.632. The highest BCUT2D eigenvalue weighted by molar-refractivity contribution is 5.91. The van der Waals surface area contributed by atoms with Crippen LogP contribution in [0.5, 0.6) is 0 Å². The molecule has 1 unspecified atom stereocenters. The van der Waals surface area contributed by atoms with E-state index in [1.807, 2.05) is 6.92 Å². The molecule has 0 aromatic rings. The second kappa shape index (κ2) is 8.93. The van der Waals surface area contributed by atoms with Gasteiger partial charge < -0.3 is 14.2 Å². The Morgan fingerprint density at radius 1 is 1.36 bits per heavy atom. The molecule has 1 saturated heterocycles. The molecule has 0 saturated carbocycles. The van der Waals surface area contributed by atoms with Gasteiger partial charge in [-0.3, -0.25) is 9.59 Å². The first-order valence-corrected chi connectivity index (χ1v) is 9.14. The molecule has 1 aliphatic heterocycles. The van der Waals surface area contributed by atoms with Gasteiger partial charge in [0.05, 0.1) is 18.6 Å². The number of azide groups is 1. The lowest BCUT2D eigenvalue weighted by Gasteiger charge is -2.40. The Labute approximate surface area is 163 Å². The van der Waals surface area contributed by atoms with Gasteiger partial charge in [0.15, 0.2) is 0 Å². The SMILES string of the molecule is C=C1C(=O)O[C@@H]2C(N=[N+]=[N-])C(C)=C([C@@H](C)CCCOC(C)=O)[C@@H](OC(C)=O)[C@H]12. The maximum atomic E-state index is 12.1. The third-order valence-corrected chi connectivity index (χ3v) is 5.19. The Hall–Kier alpha value is -2.80. The van der Waals surface area contributed by atoms with Gasteiger partial charge in [-0.25, -0.2) is 4.79 Å². The molecule has 152 valence electrons. The van der Waals surface area contributed by atoms with E-state index in [-0.39, 0.29) is 24.1 Å². The summed E-state index contributed by atoms with van der Waals surface area (Å²) in [6, 6.07) is -0.698. The standard InChI is InChI=1S/C19H25N3O6/c1-9(7-6-8-26-12(4)23)14-10(2)16(21-22-20)18-15(11(3)19(25)28-18)17(14)27-13(5)24/h9,15-18H,3,6-8H2,1-2,4-5H3/t9-,15-,16?,17+,18-/m0/s1. The number of ether oxygens (including phenoxy) is 3. The van der Waals surface area contributed by atoms with Gasteiger partial charge in [-0.2, -0.15) is 0 Å². The molecule has 1 fully saturated rings. The van der Waals surface area contributed by atoms with E-state index in [2.05, 4.69) is 16.6 Å². The highest BCUT2D eigenvalue weighted by atomic mass is 16.6. The van der Waals surface area contributed by atoms with E-state index in [9.17, 15) is 14.4 Å². The highest BCUT2D eigenvalue weighted by Gasteiger charge is 2.54. The molecule has 0 aromatic carbocycles. The molecule has 0 N–H and O–H groups in total. The second-order valence-corrected chi connectivity index (χ2v) is 7.12. The molecule has 1 aliphatic carbocycles. The van der Waals surface area contributed by atoms with Crippen LogP contribution in [0.1, 0.15) is 40.5 Å². The Bertz CT molecular complexity index is 768. The van der Waals surface area contributed by atoms with Gasteiger partial charge in [0.2, 0.25) is 0 Å². The maximum Gasteiger partial charge on any atom is 0.334 e. The van der Waals surface area contributed by atoms with Crippen LogP contribution in [0, 0.1) is 11.8 Å². The van der Waals surface area contributed by atoms with Crippen molar-refractivity contribution in [1.29, 1.82) is 0 Å². The van der Waals surface area contributed by atoms with Crippen LogP contribution >= 0.6 is 0 Å². The first-order valence-electron chi connectivity index (χ1n) is 9.14. The zero-order valence-corrected chi connectivity index (χ0v) is 16.5. The molecule has 0 spiro atoms. The lowest BCUT2D eigenvalue weighted by Crippen LogP contribution is -2.46. The lowest BCUT2D eigenvalue weighted by atomic mass is 9.71. The van der Waals surface area contributed by atoms with Crippen LogP contribution in [0.2, 0.25) is 0 Å². The molecule has 0 radical (unpaired) electrons. The van der Waals surface area contributed by atoms with E-state index in [0.29, 0.717) is 18.4 Å². The third-order valence-electron chi connectivity index (χ3n) is 5.19.